The number of aromatic nitrogens is 4. The second kappa shape index (κ2) is 12.9. The van der Waals surface area contributed by atoms with Gasteiger partial charge in [-0.25, -0.2) is 31.9 Å². The van der Waals surface area contributed by atoms with Crippen molar-refractivity contribution >= 4 is 17.5 Å². The SMILES string of the molecule is CNc1ncc(-c2ccc(F)c(C(C)=O)c2)c([C@@H](CC(=O)Cn2nc(C(F)(F)F)c3c2C(F)(F)CCC3(F)F)Cc2cc(F)cc(F)c2)n1. The smallest absolute Gasteiger partial charge is 0.357 e. The first-order valence-electron chi connectivity index (χ1n) is 14.6. The molecule has 0 spiro atoms. The fourth-order valence-electron chi connectivity index (χ4n) is 5.85. The van der Waals surface area contributed by atoms with Crippen LogP contribution < -0.4 is 5.32 Å². The van der Waals surface area contributed by atoms with Crippen LogP contribution in [0.15, 0.2) is 42.6 Å². The molecule has 1 N–H and O–H groups in total. The zero-order valence-electron chi connectivity index (χ0n) is 25.5. The van der Waals surface area contributed by atoms with Crippen molar-refractivity contribution in [3.8, 4) is 11.1 Å². The van der Waals surface area contributed by atoms with E-state index in [9.17, 15) is 53.5 Å². The van der Waals surface area contributed by atoms with Crippen molar-refractivity contribution in [1.29, 1.82) is 0 Å². The molecule has 1 atom stereocenters. The average molecular weight is 702 g/mol. The fourth-order valence-corrected chi connectivity index (χ4v) is 5.85. The first-order chi connectivity index (χ1) is 22.8. The van der Waals surface area contributed by atoms with Gasteiger partial charge in [0.1, 0.15) is 29.7 Å². The van der Waals surface area contributed by atoms with E-state index in [1.807, 2.05) is 0 Å². The van der Waals surface area contributed by atoms with Gasteiger partial charge in [0.25, 0.3) is 11.8 Å². The van der Waals surface area contributed by atoms with Crippen LogP contribution in [0.1, 0.15) is 70.7 Å². The molecule has 2 aromatic carbocycles. The van der Waals surface area contributed by atoms with E-state index >= 15 is 0 Å². The number of carbonyl (C=O) groups excluding carboxylic acids is 2. The van der Waals surface area contributed by atoms with E-state index in [0.717, 1.165) is 25.1 Å². The van der Waals surface area contributed by atoms with Crippen molar-refractivity contribution in [2.75, 3.05) is 12.4 Å². The van der Waals surface area contributed by atoms with E-state index < -0.39 is 95.7 Å². The Balaban J connectivity index is 1.62. The molecule has 0 unspecified atom stereocenters. The van der Waals surface area contributed by atoms with Crippen LogP contribution in [0.25, 0.3) is 11.1 Å². The molecule has 17 heteroatoms. The number of Topliss-reactive ketones (excluding diaryl/α,β-unsaturated/α-hetero) is 2. The van der Waals surface area contributed by atoms with Gasteiger partial charge in [-0.3, -0.25) is 14.3 Å². The van der Waals surface area contributed by atoms with E-state index in [1.54, 1.807) is 0 Å². The number of alkyl halides is 7. The molecule has 1 aliphatic rings. The first-order valence-corrected chi connectivity index (χ1v) is 14.6. The molecule has 0 bridgehead atoms. The van der Waals surface area contributed by atoms with Gasteiger partial charge in [0.15, 0.2) is 17.3 Å². The Labute approximate surface area is 271 Å². The highest BCUT2D eigenvalue weighted by Gasteiger charge is 2.57. The zero-order valence-corrected chi connectivity index (χ0v) is 25.5. The standard InChI is InChI=1S/C32H25F10N5O2/c1-15(48)22-11-17(3-4-24(22)35)23-13-44-29(43-2)45-26(23)18(7-16-8-19(33)12-20(34)9-16)10-21(49)14-47-28-25(27(46-47)32(40,41)42)30(36,37)5-6-31(28,38)39/h3-4,8-9,11-13,18H,5-7,10,14H2,1-2H3,(H,43,44,45)/t18-/m1/s1. The maximum atomic E-state index is 15.0. The molecule has 2 heterocycles. The van der Waals surface area contributed by atoms with Crippen LogP contribution >= 0.6 is 0 Å². The normalized spacial score (nSPS) is 15.8. The molecule has 2 aromatic heterocycles. The number of anilines is 1. The van der Waals surface area contributed by atoms with Crippen molar-refractivity contribution in [2.45, 2.75) is 63.1 Å². The molecule has 0 saturated carbocycles. The largest absolute Gasteiger partial charge is 0.435 e. The van der Waals surface area contributed by atoms with Gasteiger partial charge < -0.3 is 5.32 Å². The van der Waals surface area contributed by atoms with Gasteiger partial charge in [0.2, 0.25) is 5.95 Å². The van der Waals surface area contributed by atoms with Crippen molar-refractivity contribution in [3.63, 3.8) is 0 Å². The van der Waals surface area contributed by atoms with E-state index in [-0.39, 0.29) is 45.0 Å². The van der Waals surface area contributed by atoms with Gasteiger partial charge in [-0.2, -0.15) is 27.1 Å². The number of nitrogens with one attached hydrogen (secondary N) is 1. The summed E-state index contributed by atoms with van der Waals surface area (Å²) in [5.74, 6) is -14.3. The third-order valence-corrected chi connectivity index (χ3v) is 7.98. The molecule has 0 amide bonds. The number of carbonyl (C=O) groups is 2. The van der Waals surface area contributed by atoms with Crippen LogP contribution in [0.4, 0.5) is 49.9 Å². The second-order valence-corrected chi connectivity index (χ2v) is 11.6. The van der Waals surface area contributed by atoms with E-state index in [4.69, 9.17) is 0 Å². The lowest BCUT2D eigenvalue weighted by Crippen LogP contribution is -2.34. The van der Waals surface area contributed by atoms with Crippen molar-refractivity contribution < 1.29 is 53.5 Å². The van der Waals surface area contributed by atoms with Gasteiger partial charge in [-0.05, 0) is 48.7 Å². The Kier molecular flexibility index (Phi) is 9.33. The molecule has 0 fully saturated rings. The Morgan fingerprint density at radius 1 is 0.980 bits per heavy atom. The number of rotatable bonds is 10. The van der Waals surface area contributed by atoms with E-state index in [1.165, 1.54) is 25.4 Å². The molecule has 1 aliphatic carbocycles. The molecule has 7 nitrogen and oxygen atoms in total. The number of ketones is 2. The highest BCUT2D eigenvalue weighted by Crippen LogP contribution is 2.53. The predicted octanol–water partition coefficient (Wildman–Crippen LogP) is 7.98. The lowest BCUT2D eigenvalue weighted by molar-refractivity contribution is -0.149. The summed E-state index contributed by atoms with van der Waals surface area (Å²) in [6.07, 6.45) is -8.52. The van der Waals surface area contributed by atoms with E-state index in [2.05, 4.69) is 20.4 Å². The van der Waals surface area contributed by atoms with Crippen LogP contribution in [0, 0.1) is 17.5 Å². The van der Waals surface area contributed by atoms with Gasteiger partial charge >= 0.3 is 6.18 Å². The van der Waals surface area contributed by atoms with Crippen LogP contribution in [0.2, 0.25) is 0 Å². The Hall–Kier alpha value is -4.83. The number of benzene rings is 2. The number of halogens is 10. The summed E-state index contributed by atoms with van der Waals surface area (Å²) in [4.78, 5) is 34.1. The van der Waals surface area contributed by atoms with Crippen LogP contribution in [0.3, 0.4) is 0 Å². The van der Waals surface area contributed by atoms with Crippen LogP contribution in [-0.4, -0.2) is 38.4 Å². The maximum Gasteiger partial charge on any atom is 0.435 e. The number of hydrogen-bond acceptors (Lipinski definition) is 6. The number of fused-ring (bicyclic) bond motifs is 1. The Bertz CT molecular complexity index is 1920. The van der Waals surface area contributed by atoms with Gasteiger partial charge in [0, 0.05) is 50.1 Å². The third-order valence-electron chi connectivity index (χ3n) is 7.98. The second-order valence-electron chi connectivity index (χ2n) is 11.6. The van der Waals surface area contributed by atoms with Crippen LogP contribution in [-0.2, 0) is 35.8 Å². The summed E-state index contributed by atoms with van der Waals surface area (Å²) in [6.45, 7) is -0.191. The van der Waals surface area contributed by atoms with Crippen molar-refractivity contribution in [2.24, 2.45) is 0 Å². The summed E-state index contributed by atoms with van der Waals surface area (Å²) >= 11 is 0. The topological polar surface area (TPSA) is 89.8 Å². The average Bonchev–Trinajstić information content (AvgIpc) is 3.41. The molecule has 5 rings (SSSR count). The molecule has 4 aromatic rings. The minimum atomic E-state index is -5.56. The molecule has 0 radical (unpaired) electrons. The summed E-state index contributed by atoms with van der Waals surface area (Å²) in [6, 6.07) is 5.88. The van der Waals surface area contributed by atoms with Crippen molar-refractivity contribution in [3.05, 3.63) is 93.8 Å². The molecule has 260 valence electrons. The first kappa shape index (κ1) is 35.5. The highest BCUT2D eigenvalue weighted by molar-refractivity contribution is 5.95. The Morgan fingerprint density at radius 3 is 2.24 bits per heavy atom. The summed E-state index contributed by atoms with van der Waals surface area (Å²) < 4.78 is 143. The predicted molar refractivity (Wildman–Crippen MR) is 154 cm³/mol. The number of hydrogen-bond donors (Lipinski definition) is 1. The lowest BCUT2D eigenvalue weighted by Gasteiger charge is -2.29. The van der Waals surface area contributed by atoms with Gasteiger partial charge in [-0.1, -0.05) is 6.07 Å². The maximum absolute atomic E-state index is 15.0. The third kappa shape index (κ3) is 7.29. The lowest BCUT2D eigenvalue weighted by atomic mass is 9.86. The Morgan fingerprint density at radius 2 is 1.63 bits per heavy atom. The number of nitrogens with zero attached hydrogens (tertiary/aromatic N) is 4. The highest BCUT2D eigenvalue weighted by atomic mass is 19.4. The quantitative estimate of drug-likeness (QED) is 0.133. The summed E-state index contributed by atoms with van der Waals surface area (Å²) in [5.41, 5.74) is -6.07. The van der Waals surface area contributed by atoms with E-state index in [0.29, 0.717) is 6.07 Å². The minimum Gasteiger partial charge on any atom is -0.357 e. The molecule has 0 saturated heterocycles. The van der Waals surface area contributed by atoms with Crippen molar-refractivity contribution in [1.82, 2.24) is 19.7 Å². The van der Waals surface area contributed by atoms with Gasteiger partial charge in [0.05, 0.1) is 16.8 Å². The molecule has 49 heavy (non-hydrogen) atoms. The fraction of sp³-hybridized carbons (Fsp3) is 0.344. The zero-order chi connectivity index (χ0) is 36.1. The van der Waals surface area contributed by atoms with Crippen LogP contribution in [0.5, 0.6) is 0 Å². The monoisotopic (exact) mass is 701 g/mol. The summed E-state index contributed by atoms with van der Waals surface area (Å²) in [5, 5.41) is 5.68. The molecule has 0 aliphatic heterocycles. The minimum absolute atomic E-state index is 0.0172. The molecular formula is C32H25F10N5O2. The molecular weight excluding hydrogens is 676 g/mol. The van der Waals surface area contributed by atoms with Gasteiger partial charge in [-0.15, -0.1) is 0 Å². The summed E-state index contributed by atoms with van der Waals surface area (Å²) in [7, 11) is 1.43.